The number of nitrogens with one attached hydrogen (secondary N) is 1. The summed E-state index contributed by atoms with van der Waals surface area (Å²) in [5.74, 6) is -0.327. The summed E-state index contributed by atoms with van der Waals surface area (Å²) in [7, 11) is 1.75. The van der Waals surface area contributed by atoms with Gasteiger partial charge in [0.1, 0.15) is 17.5 Å². The van der Waals surface area contributed by atoms with Crippen molar-refractivity contribution in [3.8, 4) is 6.07 Å². The Morgan fingerprint density at radius 1 is 1.55 bits per heavy atom. The second-order valence-electron chi connectivity index (χ2n) is 4.40. The van der Waals surface area contributed by atoms with E-state index in [1.807, 2.05) is 6.07 Å². The van der Waals surface area contributed by atoms with Crippen molar-refractivity contribution in [3.05, 3.63) is 46.6 Å². The zero-order chi connectivity index (χ0) is 14.7. The molecule has 0 saturated carbocycles. The number of nitrogens with zero attached hydrogens (tertiary/aromatic N) is 3. The number of carbonyl (C=O) groups is 1. The third-order valence-electron chi connectivity index (χ3n) is 2.97. The fourth-order valence-corrected chi connectivity index (χ4v) is 1.99. The largest absolute Gasteiger partial charge is 0.478 e. The molecule has 1 aromatic heterocycles. The first kappa shape index (κ1) is 13.6. The van der Waals surface area contributed by atoms with Gasteiger partial charge >= 0.3 is 5.97 Å². The maximum Gasteiger partial charge on any atom is 0.335 e. The predicted octanol–water partition coefficient (Wildman–Crippen LogP) is 1.91. The summed E-state index contributed by atoms with van der Waals surface area (Å²) in [6, 6.07) is 8.78. The normalized spacial score (nSPS) is 10.1. The molecule has 0 aliphatic carbocycles. The predicted molar refractivity (Wildman–Crippen MR) is 73.4 cm³/mol. The van der Waals surface area contributed by atoms with Gasteiger partial charge in [-0.15, -0.1) is 0 Å². The molecule has 2 aromatic rings. The van der Waals surface area contributed by atoms with Crippen LogP contribution in [0.2, 0.25) is 0 Å². The number of carboxylic acid groups (broad SMARTS) is 1. The second kappa shape index (κ2) is 5.45. The molecule has 2 N–H and O–H groups in total. The summed E-state index contributed by atoms with van der Waals surface area (Å²) in [5, 5.41) is 25.4. The van der Waals surface area contributed by atoms with Crippen molar-refractivity contribution in [1.29, 1.82) is 5.26 Å². The van der Waals surface area contributed by atoms with Crippen molar-refractivity contribution in [1.82, 2.24) is 9.78 Å². The lowest BCUT2D eigenvalue weighted by Crippen LogP contribution is -2.06. The lowest BCUT2D eigenvalue weighted by Gasteiger charge is -2.07. The van der Waals surface area contributed by atoms with Crippen LogP contribution in [0.25, 0.3) is 0 Å². The Bertz CT molecular complexity index is 698. The lowest BCUT2D eigenvalue weighted by atomic mass is 10.1. The topological polar surface area (TPSA) is 90.9 Å². The number of aromatic carboxylic acids is 1. The Balaban J connectivity index is 2.19. The van der Waals surface area contributed by atoms with Crippen molar-refractivity contribution >= 4 is 11.8 Å². The van der Waals surface area contributed by atoms with Gasteiger partial charge in [0.25, 0.3) is 0 Å². The van der Waals surface area contributed by atoms with Gasteiger partial charge in [0.05, 0.1) is 11.3 Å². The highest BCUT2D eigenvalue weighted by atomic mass is 16.4. The highest BCUT2D eigenvalue weighted by molar-refractivity contribution is 5.87. The first-order valence-corrected chi connectivity index (χ1v) is 6.02. The van der Waals surface area contributed by atoms with Crippen molar-refractivity contribution in [2.45, 2.75) is 13.5 Å². The van der Waals surface area contributed by atoms with Crippen LogP contribution in [-0.4, -0.2) is 20.9 Å². The number of anilines is 1. The highest BCUT2D eigenvalue weighted by Crippen LogP contribution is 2.18. The van der Waals surface area contributed by atoms with Gasteiger partial charge in [-0.1, -0.05) is 12.1 Å². The molecule has 0 aliphatic heterocycles. The Morgan fingerprint density at radius 2 is 2.30 bits per heavy atom. The van der Waals surface area contributed by atoms with Crippen molar-refractivity contribution in [2.75, 3.05) is 5.32 Å². The third kappa shape index (κ3) is 2.62. The molecule has 0 bridgehead atoms. The SMILES string of the molecule is Cc1nn(C)c(NCc2cccc(C(=O)O)c2)c1C#N. The molecule has 0 atom stereocenters. The fraction of sp³-hybridized carbons (Fsp3) is 0.214. The minimum Gasteiger partial charge on any atom is -0.478 e. The van der Waals surface area contributed by atoms with Crippen LogP contribution in [-0.2, 0) is 13.6 Å². The Hall–Kier alpha value is -2.81. The smallest absolute Gasteiger partial charge is 0.335 e. The molecule has 0 radical (unpaired) electrons. The van der Waals surface area contributed by atoms with E-state index >= 15 is 0 Å². The van der Waals surface area contributed by atoms with Crippen LogP contribution >= 0.6 is 0 Å². The molecule has 6 nitrogen and oxygen atoms in total. The van der Waals surface area contributed by atoms with Crippen molar-refractivity contribution < 1.29 is 9.90 Å². The van der Waals surface area contributed by atoms with Crippen LogP contribution in [0.1, 0.15) is 27.2 Å². The van der Waals surface area contributed by atoms with Gasteiger partial charge in [-0.05, 0) is 24.6 Å². The molecule has 102 valence electrons. The number of rotatable bonds is 4. The first-order valence-electron chi connectivity index (χ1n) is 6.02. The molecule has 0 fully saturated rings. The minimum absolute atomic E-state index is 0.242. The molecular weight excluding hydrogens is 256 g/mol. The molecule has 0 aliphatic rings. The van der Waals surface area contributed by atoms with E-state index in [1.54, 1.807) is 36.9 Å². The van der Waals surface area contributed by atoms with E-state index in [9.17, 15) is 4.79 Å². The third-order valence-corrected chi connectivity index (χ3v) is 2.97. The number of benzene rings is 1. The monoisotopic (exact) mass is 270 g/mol. The molecule has 0 spiro atoms. The number of aryl methyl sites for hydroxylation is 2. The minimum atomic E-state index is -0.957. The van der Waals surface area contributed by atoms with E-state index in [0.29, 0.717) is 23.6 Å². The van der Waals surface area contributed by atoms with Crippen LogP contribution < -0.4 is 5.32 Å². The average molecular weight is 270 g/mol. The van der Waals surface area contributed by atoms with E-state index in [1.165, 1.54) is 0 Å². The lowest BCUT2D eigenvalue weighted by molar-refractivity contribution is 0.0697. The highest BCUT2D eigenvalue weighted by Gasteiger charge is 2.12. The summed E-state index contributed by atoms with van der Waals surface area (Å²) in [5.41, 5.74) is 2.23. The average Bonchev–Trinajstić information content (AvgIpc) is 2.70. The fourth-order valence-electron chi connectivity index (χ4n) is 1.99. The van der Waals surface area contributed by atoms with Gasteiger partial charge in [-0.25, -0.2) is 4.79 Å². The van der Waals surface area contributed by atoms with Gasteiger partial charge in [-0.3, -0.25) is 4.68 Å². The molecule has 20 heavy (non-hydrogen) atoms. The number of hydrogen-bond donors (Lipinski definition) is 2. The Morgan fingerprint density at radius 3 is 2.95 bits per heavy atom. The standard InChI is InChI=1S/C14H14N4O2/c1-9-12(7-15)13(18(2)17-9)16-8-10-4-3-5-11(6-10)14(19)20/h3-6,16H,8H2,1-2H3,(H,19,20). The number of aromatic nitrogens is 2. The molecule has 0 amide bonds. The van der Waals surface area contributed by atoms with Crippen molar-refractivity contribution in [2.24, 2.45) is 7.05 Å². The second-order valence-corrected chi connectivity index (χ2v) is 4.40. The Kier molecular flexibility index (Phi) is 3.71. The molecule has 6 heteroatoms. The van der Waals surface area contributed by atoms with E-state index in [0.717, 1.165) is 5.56 Å². The molecule has 0 saturated heterocycles. The summed E-state index contributed by atoms with van der Waals surface area (Å²) in [4.78, 5) is 10.9. The number of nitriles is 1. The van der Waals surface area contributed by atoms with Crippen LogP contribution in [0, 0.1) is 18.3 Å². The van der Waals surface area contributed by atoms with E-state index in [4.69, 9.17) is 10.4 Å². The molecular formula is C14H14N4O2. The van der Waals surface area contributed by atoms with E-state index in [2.05, 4.69) is 16.5 Å². The van der Waals surface area contributed by atoms with E-state index < -0.39 is 5.97 Å². The van der Waals surface area contributed by atoms with Crippen LogP contribution in [0.3, 0.4) is 0 Å². The van der Waals surface area contributed by atoms with Crippen LogP contribution in [0.4, 0.5) is 5.82 Å². The molecule has 1 heterocycles. The number of hydrogen-bond acceptors (Lipinski definition) is 4. The van der Waals surface area contributed by atoms with Crippen molar-refractivity contribution in [3.63, 3.8) is 0 Å². The summed E-state index contributed by atoms with van der Waals surface area (Å²) in [6.07, 6.45) is 0. The van der Waals surface area contributed by atoms with Crippen LogP contribution in [0.15, 0.2) is 24.3 Å². The maximum absolute atomic E-state index is 10.9. The maximum atomic E-state index is 10.9. The van der Waals surface area contributed by atoms with Gasteiger partial charge in [-0.2, -0.15) is 10.4 Å². The molecule has 2 rings (SSSR count). The zero-order valence-electron chi connectivity index (χ0n) is 11.2. The van der Waals surface area contributed by atoms with Gasteiger partial charge in [0, 0.05) is 13.6 Å². The first-order chi connectivity index (χ1) is 9.52. The van der Waals surface area contributed by atoms with Gasteiger partial charge in [0.15, 0.2) is 0 Å². The van der Waals surface area contributed by atoms with Crippen LogP contribution in [0.5, 0.6) is 0 Å². The van der Waals surface area contributed by atoms with Gasteiger partial charge < -0.3 is 10.4 Å². The zero-order valence-corrected chi connectivity index (χ0v) is 11.2. The number of carboxylic acids is 1. The summed E-state index contributed by atoms with van der Waals surface area (Å²) in [6.45, 7) is 2.20. The summed E-state index contributed by atoms with van der Waals surface area (Å²) < 4.78 is 1.61. The van der Waals surface area contributed by atoms with Gasteiger partial charge in [0.2, 0.25) is 0 Å². The molecule has 0 unspecified atom stereocenters. The van der Waals surface area contributed by atoms with E-state index in [-0.39, 0.29) is 5.56 Å². The summed E-state index contributed by atoms with van der Waals surface area (Å²) >= 11 is 0. The Labute approximate surface area is 116 Å². The molecule has 1 aromatic carbocycles. The quantitative estimate of drug-likeness (QED) is 0.885.